The molecule has 2 N–H and O–H groups in total. The van der Waals surface area contributed by atoms with Gasteiger partial charge in [-0.25, -0.2) is 0 Å². The van der Waals surface area contributed by atoms with Gasteiger partial charge in [0.05, 0.1) is 0 Å². The van der Waals surface area contributed by atoms with Crippen molar-refractivity contribution in [2.45, 2.75) is 57.5 Å². The van der Waals surface area contributed by atoms with Crippen LogP contribution >= 0.6 is 0 Å². The first kappa shape index (κ1) is 15.4. The minimum Gasteiger partial charge on any atom is -0.349 e. The fourth-order valence-corrected chi connectivity index (χ4v) is 2.69. The second-order valence-corrected chi connectivity index (χ2v) is 5.64. The highest BCUT2D eigenvalue weighted by atomic mass is 16.2. The maximum absolute atomic E-state index is 11.7. The lowest BCUT2D eigenvalue weighted by Crippen LogP contribution is -2.42. The highest BCUT2D eigenvalue weighted by Gasteiger charge is 2.24. The monoisotopic (exact) mass is 255 g/mol. The zero-order valence-electron chi connectivity index (χ0n) is 12.2. The fraction of sp³-hybridized carbons (Fsp3) is 0.929. The summed E-state index contributed by atoms with van der Waals surface area (Å²) in [7, 11) is 3.65. The van der Waals surface area contributed by atoms with Crippen LogP contribution in [0.15, 0.2) is 0 Å². The molecular formula is C14H29N3O. The third-order valence-corrected chi connectivity index (χ3v) is 3.88. The smallest absolute Gasteiger partial charge is 0.223 e. The highest BCUT2D eigenvalue weighted by molar-refractivity contribution is 5.75. The van der Waals surface area contributed by atoms with Crippen LogP contribution in [-0.4, -0.2) is 55.0 Å². The molecule has 0 radical (unpaired) electrons. The first-order chi connectivity index (χ1) is 8.54. The lowest BCUT2D eigenvalue weighted by Gasteiger charge is -2.36. The Kier molecular flexibility index (Phi) is 6.65. The Bertz CT molecular complexity index is 247. The molecule has 1 saturated carbocycles. The molecule has 0 aromatic heterocycles. The molecule has 0 aromatic carbocycles. The van der Waals surface area contributed by atoms with Crippen LogP contribution in [0.5, 0.6) is 0 Å². The van der Waals surface area contributed by atoms with E-state index in [4.69, 9.17) is 5.73 Å². The van der Waals surface area contributed by atoms with Crippen molar-refractivity contribution in [1.29, 1.82) is 0 Å². The fourth-order valence-electron chi connectivity index (χ4n) is 2.69. The Balaban J connectivity index is 2.41. The summed E-state index contributed by atoms with van der Waals surface area (Å²) >= 11 is 0. The number of carbonyl (C=O) groups excluding carboxylic acids is 1. The van der Waals surface area contributed by atoms with E-state index in [1.54, 1.807) is 4.90 Å². The van der Waals surface area contributed by atoms with Crippen LogP contribution in [0.25, 0.3) is 0 Å². The molecule has 0 heterocycles. The number of hydrogen-bond donors (Lipinski definition) is 1. The van der Waals surface area contributed by atoms with Gasteiger partial charge in [0, 0.05) is 39.1 Å². The zero-order valence-corrected chi connectivity index (χ0v) is 12.2. The molecule has 4 heteroatoms. The maximum Gasteiger partial charge on any atom is 0.223 e. The van der Waals surface area contributed by atoms with Gasteiger partial charge in [0.25, 0.3) is 0 Å². The number of carbonyl (C=O) groups is 1. The molecule has 0 bridgehead atoms. The van der Waals surface area contributed by atoms with Crippen LogP contribution in [0.4, 0.5) is 0 Å². The third kappa shape index (κ3) is 4.94. The average molecular weight is 255 g/mol. The first-order valence-corrected chi connectivity index (χ1v) is 7.24. The molecule has 0 saturated heterocycles. The summed E-state index contributed by atoms with van der Waals surface area (Å²) in [4.78, 5) is 15.8. The Hall–Kier alpha value is -0.610. The van der Waals surface area contributed by atoms with Gasteiger partial charge in [-0.2, -0.15) is 0 Å². The molecule has 0 spiro atoms. The summed E-state index contributed by atoms with van der Waals surface area (Å²) in [6.07, 6.45) is 6.43. The number of hydrogen-bond acceptors (Lipinski definition) is 3. The van der Waals surface area contributed by atoms with Gasteiger partial charge in [0.15, 0.2) is 0 Å². The van der Waals surface area contributed by atoms with Crippen molar-refractivity contribution in [3.8, 4) is 0 Å². The number of amides is 1. The Morgan fingerprint density at radius 3 is 2.28 bits per heavy atom. The topological polar surface area (TPSA) is 49.6 Å². The summed E-state index contributed by atoms with van der Waals surface area (Å²) in [6.45, 7) is 4.20. The van der Waals surface area contributed by atoms with E-state index in [-0.39, 0.29) is 5.91 Å². The van der Waals surface area contributed by atoms with E-state index in [9.17, 15) is 4.79 Å². The normalized spacial score (nSPS) is 24.3. The number of nitrogens with zero attached hydrogens (tertiary/aromatic N) is 2. The van der Waals surface area contributed by atoms with E-state index in [0.29, 0.717) is 18.5 Å². The molecule has 0 aromatic rings. The van der Waals surface area contributed by atoms with Crippen LogP contribution in [0.1, 0.15) is 45.4 Å². The summed E-state index contributed by atoms with van der Waals surface area (Å²) in [6, 6.07) is 1.04. The van der Waals surface area contributed by atoms with Gasteiger partial charge in [0.1, 0.15) is 0 Å². The molecule has 1 amide bonds. The van der Waals surface area contributed by atoms with Gasteiger partial charge < -0.3 is 10.6 Å². The molecule has 1 rings (SSSR count). The standard InChI is InChI=1S/C14H29N3O/c1-4-10-17(11-9-14(18)16(2)3)13-7-5-12(15)6-8-13/h12-13H,4-11,15H2,1-3H3. The Labute approximate surface area is 111 Å². The predicted molar refractivity (Wildman–Crippen MR) is 75.4 cm³/mol. The zero-order chi connectivity index (χ0) is 13.5. The second-order valence-electron chi connectivity index (χ2n) is 5.64. The van der Waals surface area contributed by atoms with Crippen molar-refractivity contribution >= 4 is 5.91 Å². The van der Waals surface area contributed by atoms with Gasteiger partial charge >= 0.3 is 0 Å². The molecule has 106 valence electrons. The highest BCUT2D eigenvalue weighted by Crippen LogP contribution is 2.22. The molecule has 1 aliphatic rings. The lowest BCUT2D eigenvalue weighted by atomic mass is 9.90. The average Bonchev–Trinajstić information content (AvgIpc) is 2.35. The summed E-state index contributed by atoms with van der Waals surface area (Å²) in [5, 5.41) is 0. The van der Waals surface area contributed by atoms with E-state index in [1.807, 2.05) is 14.1 Å². The van der Waals surface area contributed by atoms with E-state index >= 15 is 0 Å². The van der Waals surface area contributed by atoms with Crippen molar-refractivity contribution in [3.63, 3.8) is 0 Å². The molecule has 0 unspecified atom stereocenters. The van der Waals surface area contributed by atoms with Gasteiger partial charge in [-0.3, -0.25) is 9.69 Å². The molecule has 0 atom stereocenters. The van der Waals surface area contributed by atoms with Crippen molar-refractivity contribution in [3.05, 3.63) is 0 Å². The summed E-state index contributed by atoms with van der Waals surface area (Å²) < 4.78 is 0. The largest absolute Gasteiger partial charge is 0.349 e. The maximum atomic E-state index is 11.7. The Morgan fingerprint density at radius 2 is 1.78 bits per heavy atom. The van der Waals surface area contributed by atoms with Gasteiger partial charge in [-0.05, 0) is 38.6 Å². The van der Waals surface area contributed by atoms with Crippen LogP contribution < -0.4 is 5.73 Å². The van der Waals surface area contributed by atoms with Crippen molar-refractivity contribution in [2.24, 2.45) is 5.73 Å². The van der Waals surface area contributed by atoms with E-state index in [0.717, 1.165) is 32.4 Å². The number of rotatable bonds is 6. The van der Waals surface area contributed by atoms with Crippen LogP contribution in [0, 0.1) is 0 Å². The minimum absolute atomic E-state index is 0.226. The predicted octanol–water partition coefficient (Wildman–Crippen LogP) is 1.45. The van der Waals surface area contributed by atoms with E-state index in [2.05, 4.69) is 11.8 Å². The van der Waals surface area contributed by atoms with E-state index < -0.39 is 0 Å². The molecular weight excluding hydrogens is 226 g/mol. The van der Waals surface area contributed by atoms with E-state index in [1.165, 1.54) is 12.8 Å². The molecule has 0 aliphatic heterocycles. The van der Waals surface area contributed by atoms with Crippen molar-refractivity contribution in [2.75, 3.05) is 27.2 Å². The molecule has 1 aliphatic carbocycles. The summed E-state index contributed by atoms with van der Waals surface area (Å²) in [5.41, 5.74) is 5.95. The molecule has 18 heavy (non-hydrogen) atoms. The second kappa shape index (κ2) is 7.74. The van der Waals surface area contributed by atoms with Crippen LogP contribution in [-0.2, 0) is 4.79 Å². The van der Waals surface area contributed by atoms with Crippen LogP contribution in [0.2, 0.25) is 0 Å². The SMILES string of the molecule is CCCN(CCC(=O)N(C)C)C1CCC(N)CC1. The first-order valence-electron chi connectivity index (χ1n) is 7.24. The molecule has 1 fully saturated rings. The number of nitrogens with two attached hydrogens (primary N) is 1. The van der Waals surface area contributed by atoms with Gasteiger partial charge in [0.2, 0.25) is 5.91 Å². The minimum atomic E-state index is 0.226. The van der Waals surface area contributed by atoms with Crippen molar-refractivity contribution in [1.82, 2.24) is 9.80 Å². The van der Waals surface area contributed by atoms with Crippen molar-refractivity contribution < 1.29 is 4.79 Å². The Morgan fingerprint density at radius 1 is 1.17 bits per heavy atom. The molecule has 4 nitrogen and oxygen atoms in total. The van der Waals surface area contributed by atoms with Gasteiger partial charge in [-0.15, -0.1) is 0 Å². The summed E-state index contributed by atoms with van der Waals surface area (Å²) in [5.74, 6) is 0.226. The van der Waals surface area contributed by atoms with Crippen LogP contribution in [0.3, 0.4) is 0 Å². The van der Waals surface area contributed by atoms with Gasteiger partial charge in [-0.1, -0.05) is 6.92 Å². The lowest BCUT2D eigenvalue weighted by molar-refractivity contribution is -0.129. The third-order valence-electron chi connectivity index (χ3n) is 3.88. The quantitative estimate of drug-likeness (QED) is 0.781.